The Kier molecular flexibility index (Phi) is 12.9. The second-order valence-corrected chi connectivity index (χ2v) is 12.8. The minimum Gasteiger partial charge on any atom is -0.462 e. The number of ether oxygens (including phenoxy) is 2. The number of fused-ring (bicyclic) bond motifs is 2. The number of benzene rings is 2. The summed E-state index contributed by atoms with van der Waals surface area (Å²) in [7, 11) is 0. The molecule has 2 aromatic carbocycles. The Balaban J connectivity index is 0.000000216. The van der Waals surface area contributed by atoms with E-state index in [-0.39, 0.29) is 11.6 Å². The Morgan fingerprint density at radius 3 is 1.89 bits per heavy atom. The highest BCUT2D eigenvalue weighted by Gasteiger charge is 2.20. The topological polar surface area (TPSA) is 196 Å². The van der Waals surface area contributed by atoms with Crippen molar-refractivity contribution >= 4 is 63.4 Å². The molecule has 0 spiro atoms. The number of nitrogens with zero attached hydrogens (tertiary/aromatic N) is 5. The van der Waals surface area contributed by atoms with Gasteiger partial charge in [0.2, 0.25) is 0 Å². The Morgan fingerprint density at radius 1 is 0.768 bits per heavy atom. The standard InChI is InChI=1S/C22H27N5O3.C18H18N4O4/c1-5-9-24-21(28)17-13-27-11-10-23-20(19(27)15(17)4)26-18-12-16(8-7-14(18)3)25-22(29)30-6-2;1-4-26-18(23)14-10-21-8-7-19-17(16(21)12(14)3)20-15-9-13(22(24)25)6-5-11(15)2/h7-8,10-13H,5-6,9H2,1-4H3,(H,23,26)(H,24,28)(H,25,29);5-10H,4H2,1-3H3,(H,19,20). The lowest BCUT2D eigenvalue weighted by Crippen LogP contribution is -2.24. The van der Waals surface area contributed by atoms with Crippen LogP contribution in [0.5, 0.6) is 0 Å². The molecule has 0 bridgehead atoms. The van der Waals surface area contributed by atoms with E-state index in [4.69, 9.17) is 9.47 Å². The molecule has 0 aliphatic carbocycles. The van der Waals surface area contributed by atoms with Crippen molar-refractivity contribution in [3.63, 3.8) is 0 Å². The molecule has 0 unspecified atom stereocenters. The molecule has 0 radical (unpaired) electrons. The van der Waals surface area contributed by atoms with Gasteiger partial charge in [0, 0.05) is 72.9 Å². The Bertz CT molecular complexity index is 2420. The summed E-state index contributed by atoms with van der Waals surface area (Å²) in [6, 6.07) is 10.1. The first kappa shape index (κ1) is 40.2. The van der Waals surface area contributed by atoms with E-state index in [1.807, 2.05) is 69.6 Å². The fourth-order valence-electron chi connectivity index (χ4n) is 5.95. The number of rotatable bonds is 12. The quantitative estimate of drug-likeness (QED) is 0.0533. The van der Waals surface area contributed by atoms with E-state index < -0.39 is 17.0 Å². The minimum atomic E-state index is -0.502. The van der Waals surface area contributed by atoms with Crippen LogP contribution in [-0.2, 0) is 9.47 Å². The summed E-state index contributed by atoms with van der Waals surface area (Å²) in [5, 5.41) is 23.1. The number of non-ortho nitro benzene ring substituents is 1. The molecular weight excluding hydrogens is 718 g/mol. The highest BCUT2D eigenvalue weighted by Crippen LogP contribution is 2.31. The van der Waals surface area contributed by atoms with Crippen LogP contribution >= 0.6 is 0 Å². The van der Waals surface area contributed by atoms with Crippen LogP contribution in [0.1, 0.15) is 70.2 Å². The summed E-state index contributed by atoms with van der Waals surface area (Å²) in [6.45, 7) is 14.3. The number of aryl methyl sites for hydroxylation is 4. The van der Waals surface area contributed by atoms with Crippen LogP contribution in [-0.4, -0.2) is 61.4 Å². The molecule has 6 rings (SSSR count). The van der Waals surface area contributed by atoms with Gasteiger partial charge >= 0.3 is 12.1 Å². The summed E-state index contributed by atoms with van der Waals surface area (Å²) in [4.78, 5) is 55.8. The number of esters is 1. The van der Waals surface area contributed by atoms with Crippen LogP contribution < -0.4 is 21.3 Å². The van der Waals surface area contributed by atoms with Gasteiger partial charge in [-0.1, -0.05) is 19.1 Å². The van der Waals surface area contributed by atoms with Crippen molar-refractivity contribution in [2.24, 2.45) is 0 Å². The Hall–Kier alpha value is -6.97. The van der Waals surface area contributed by atoms with E-state index in [1.54, 1.807) is 49.1 Å². The molecule has 6 aromatic rings. The largest absolute Gasteiger partial charge is 0.462 e. The van der Waals surface area contributed by atoms with Crippen molar-refractivity contribution in [1.82, 2.24) is 24.1 Å². The number of aromatic nitrogens is 4. The van der Waals surface area contributed by atoms with Gasteiger partial charge in [0.05, 0.1) is 40.3 Å². The van der Waals surface area contributed by atoms with Gasteiger partial charge in [-0.2, -0.15) is 0 Å². The van der Waals surface area contributed by atoms with Crippen LogP contribution in [0.25, 0.3) is 11.0 Å². The molecule has 0 atom stereocenters. The van der Waals surface area contributed by atoms with Gasteiger partial charge in [0.15, 0.2) is 11.6 Å². The molecule has 0 saturated carbocycles. The first-order valence-corrected chi connectivity index (χ1v) is 18.1. The number of amides is 2. The van der Waals surface area contributed by atoms with E-state index in [0.717, 1.165) is 39.9 Å². The van der Waals surface area contributed by atoms with Gasteiger partial charge in [0.25, 0.3) is 11.6 Å². The Morgan fingerprint density at radius 2 is 1.32 bits per heavy atom. The van der Waals surface area contributed by atoms with Gasteiger partial charge in [-0.05, 0) is 82.3 Å². The van der Waals surface area contributed by atoms with E-state index in [0.29, 0.717) is 59.4 Å². The van der Waals surface area contributed by atoms with Crippen molar-refractivity contribution < 1.29 is 28.8 Å². The van der Waals surface area contributed by atoms with E-state index in [2.05, 4.69) is 31.2 Å². The summed E-state index contributed by atoms with van der Waals surface area (Å²) < 4.78 is 13.7. The fraction of sp³-hybridized carbons (Fsp3) is 0.275. The van der Waals surface area contributed by atoms with Crippen LogP contribution in [0.3, 0.4) is 0 Å². The third-order valence-corrected chi connectivity index (χ3v) is 8.85. The molecule has 0 fully saturated rings. The van der Waals surface area contributed by atoms with E-state index in [1.165, 1.54) is 12.1 Å². The van der Waals surface area contributed by atoms with Crippen molar-refractivity contribution in [1.29, 1.82) is 0 Å². The maximum absolute atomic E-state index is 12.5. The highest BCUT2D eigenvalue weighted by molar-refractivity contribution is 5.99. The molecule has 0 aliphatic heterocycles. The lowest BCUT2D eigenvalue weighted by atomic mass is 10.1. The molecule has 0 aliphatic rings. The van der Waals surface area contributed by atoms with Gasteiger partial charge in [-0.15, -0.1) is 0 Å². The smallest absolute Gasteiger partial charge is 0.411 e. The van der Waals surface area contributed by atoms with Gasteiger partial charge in [0.1, 0.15) is 0 Å². The summed E-state index contributed by atoms with van der Waals surface area (Å²) in [6.07, 6.45) is 10.7. The molecule has 56 heavy (non-hydrogen) atoms. The zero-order valence-electron chi connectivity index (χ0n) is 32.4. The number of carbonyl (C=O) groups is 3. The summed E-state index contributed by atoms with van der Waals surface area (Å²) in [5.74, 6) is 0.636. The van der Waals surface area contributed by atoms with Crippen LogP contribution in [0.2, 0.25) is 0 Å². The summed E-state index contributed by atoms with van der Waals surface area (Å²) >= 11 is 0. The van der Waals surface area contributed by atoms with Crippen LogP contribution in [0, 0.1) is 37.8 Å². The fourth-order valence-corrected chi connectivity index (χ4v) is 5.95. The average Bonchev–Trinajstić information content (AvgIpc) is 3.70. The molecule has 2 amide bonds. The van der Waals surface area contributed by atoms with E-state index >= 15 is 0 Å². The molecule has 4 N–H and O–H groups in total. The maximum Gasteiger partial charge on any atom is 0.411 e. The van der Waals surface area contributed by atoms with E-state index in [9.17, 15) is 24.5 Å². The predicted molar refractivity (Wildman–Crippen MR) is 215 cm³/mol. The number of nitro groups is 1. The van der Waals surface area contributed by atoms with Crippen molar-refractivity contribution in [2.75, 3.05) is 35.7 Å². The zero-order chi connectivity index (χ0) is 40.5. The first-order valence-electron chi connectivity index (χ1n) is 18.1. The third-order valence-electron chi connectivity index (χ3n) is 8.85. The SMILES string of the molecule is CCCNC(=O)c1cn2ccnc(Nc3cc(NC(=O)OCC)ccc3C)c2c1C.CCOC(=O)c1cn2ccnc(Nc3cc([N+](=O)[O-])ccc3C)c2c1C. The van der Waals surface area contributed by atoms with Crippen molar-refractivity contribution in [2.45, 2.75) is 54.9 Å². The van der Waals surface area contributed by atoms with Gasteiger partial charge < -0.3 is 34.2 Å². The van der Waals surface area contributed by atoms with Crippen LogP contribution in [0.4, 0.5) is 39.2 Å². The second-order valence-electron chi connectivity index (χ2n) is 12.8. The molecular formula is C40H45N9O7. The number of nitrogens with one attached hydrogen (secondary N) is 4. The second kappa shape index (κ2) is 17.9. The molecule has 16 nitrogen and oxygen atoms in total. The third kappa shape index (κ3) is 9.03. The monoisotopic (exact) mass is 763 g/mol. The maximum atomic E-state index is 12.5. The molecule has 4 heterocycles. The molecule has 16 heteroatoms. The molecule has 292 valence electrons. The lowest BCUT2D eigenvalue weighted by Gasteiger charge is -2.13. The lowest BCUT2D eigenvalue weighted by molar-refractivity contribution is -0.384. The van der Waals surface area contributed by atoms with Gasteiger partial charge in [-0.3, -0.25) is 20.2 Å². The summed E-state index contributed by atoms with van der Waals surface area (Å²) in [5.41, 5.74) is 7.98. The van der Waals surface area contributed by atoms with Crippen LogP contribution in [0.15, 0.2) is 73.6 Å². The highest BCUT2D eigenvalue weighted by atomic mass is 16.6. The van der Waals surface area contributed by atoms with Gasteiger partial charge in [-0.25, -0.2) is 19.6 Å². The zero-order valence-corrected chi connectivity index (χ0v) is 32.4. The number of nitro benzene ring substituents is 1. The molecule has 4 aromatic heterocycles. The number of anilines is 5. The van der Waals surface area contributed by atoms with Crippen molar-refractivity contribution in [3.8, 4) is 0 Å². The molecule has 0 saturated heterocycles. The number of carbonyl (C=O) groups excluding carboxylic acids is 3. The first-order chi connectivity index (χ1) is 26.9. The minimum absolute atomic E-state index is 0.00984. The predicted octanol–water partition coefficient (Wildman–Crippen LogP) is 8.18. The normalized spacial score (nSPS) is 10.7. The number of hydrogen-bond donors (Lipinski definition) is 4. The average molecular weight is 764 g/mol. The Labute approximate surface area is 323 Å². The number of hydrogen-bond acceptors (Lipinski definition) is 11. The van der Waals surface area contributed by atoms with Crippen molar-refractivity contribution in [3.05, 3.63) is 117 Å².